The van der Waals surface area contributed by atoms with Crippen LogP contribution in [0.5, 0.6) is 5.75 Å². The largest absolute Gasteiger partial charge is 0.492 e. The Hall–Kier alpha value is -4.16. The maximum Gasteiger partial charge on any atom is 0.253 e. The standard InChI is InChI=1S/C30H34FN5O2/c1-5-16-34(21-32)26-15-12-22(19-27(26)38-6-2)18-23-9-8-17-35-28(23)33-20-30(3,4)29(37)36(35)25-11-7-10-24(31)13-14-25/h5,10-16,18-19,21,32H,6,8-9,17,20H2,1-4H3/b16-5+,23-18+,32-21?. The van der Waals surface area contributed by atoms with Crippen LogP contribution in [0.1, 0.15) is 46.1 Å². The second-order valence-electron chi connectivity index (χ2n) is 9.81. The molecule has 198 valence electrons. The zero-order valence-corrected chi connectivity index (χ0v) is 22.4. The number of amidine groups is 1. The molecule has 1 aromatic carbocycles. The van der Waals surface area contributed by atoms with E-state index in [4.69, 9.17) is 15.1 Å². The molecule has 1 fully saturated rings. The lowest BCUT2D eigenvalue weighted by Crippen LogP contribution is -2.53. The first-order valence-corrected chi connectivity index (χ1v) is 12.8. The van der Waals surface area contributed by atoms with Crippen molar-refractivity contribution in [1.29, 1.82) is 5.41 Å². The van der Waals surface area contributed by atoms with Crippen molar-refractivity contribution >= 4 is 29.8 Å². The molecule has 1 amide bonds. The fourth-order valence-electron chi connectivity index (χ4n) is 4.57. The molecule has 7 nitrogen and oxygen atoms in total. The molecule has 0 aromatic heterocycles. The van der Waals surface area contributed by atoms with Crippen LogP contribution in [-0.2, 0) is 4.79 Å². The van der Waals surface area contributed by atoms with Gasteiger partial charge in [0.15, 0.2) is 0 Å². The lowest BCUT2D eigenvalue weighted by molar-refractivity contribution is -0.146. The van der Waals surface area contributed by atoms with Crippen molar-refractivity contribution in [3.05, 3.63) is 83.2 Å². The van der Waals surface area contributed by atoms with Crippen molar-refractivity contribution < 1.29 is 13.9 Å². The van der Waals surface area contributed by atoms with Gasteiger partial charge in [0, 0.05) is 24.9 Å². The fraction of sp³-hybridized carbons (Fsp3) is 0.333. The molecule has 0 spiro atoms. The van der Waals surface area contributed by atoms with Gasteiger partial charge in [-0.15, -0.1) is 5.73 Å². The Bertz CT molecular complexity index is 1330. The van der Waals surface area contributed by atoms with E-state index in [9.17, 15) is 9.18 Å². The zero-order chi connectivity index (χ0) is 27.3. The molecule has 3 aliphatic rings. The maximum atomic E-state index is 13.9. The first kappa shape index (κ1) is 26.9. The van der Waals surface area contributed by atoms with E-state index in [0.717, 1.165) is 35.5 Å². The van der Waals surface area contributed by atoms with Crippen LogP contribution in [0.15, 0.2) is 82.6 Å². The van der Waals surface area contributed by atoms with Gasteiger partial charge in [-0.3, -0.25) is 20.2 Å². The molecule has 0 unspecified atom stereocenters. The molecule has 0 radical (unpaired) electrons. The second-order valence-corrected chi connectivity index (χ2v) is 9.81. The molecule has 38 heavy (non-hydrogen) atoms. The molecule has 1 aromatic rings. The molecule has 0 saturated carbocycles. The van der Waals surface area contributed by atoms with E-state index in [1.54, 1.807) is 22.1 Å². The average Bonchev–Trinajstić information content (AvgIpc) is 3.16. The predicted molar refractivity (Wildman–Crippen MR) is 150 cm³/mol. The second kappa shape index (κ2) is 11.5. The number of nitrogens with zero attached hydrogens (tertiary/aromatic N) is 4. The van der Waals surface area contributed by atoms with Crippen molar-refractivity contribution in [3.8, 4) is 5.75 Å². The summed E-state index contributed by atoms with van der Waals surface area (Å²) in [5.41, 5.74) is 5.35. The van der Waals surface area contributed by atoms with E-state index in [0.29, 0.717) is 31.1 Å². The lowest BCUT2D eigenvalue weighted by atomic mass is 9.92. The third kappa shape index (κ3) is 5.55. The average molecular weight is 516 g/mol. The fourth-order valence-corrected chi connectivity index (χ4v) is 4.57. The van der Waals surface area contributed by atoms with Gasteiger partial charge in [-0.1, -0.05) is 12.1 Å². The maximum absolute atomic E-state index is 13.9. The third-order valence-corrected chi connectivity index (χ3v) is 6.45. The summed E-state index contributed by atoms with van der Waals surface area (Å²) in [5, 5.41) is 11.3. The highest BCUT2D eigenvalue weighted by atomic mass is 19.1. The molecule has 4 rings (SSSR count). The van der Waals surface area contributed by atoms with Gasteiger partial charge in [-0.05, 0) is 82.0 Å². The number of amides is 1. The zero-order valence-electron chi connectivity index (χ0n) is 22.4. The number of piperidine rings is 1. The third-order valence-electron chi connectivity index (χ3n) is 6.45. The van der Waals surface area contributed by atoms with Crippen LogP contribution in [0.4, 0.5) is 10.1 Å². The Morgan fingerprint density at radius 2 is 2.11 bits per heavy atom. The van der Waals surface area contributed by atoms with Gasteiger partial charge >= 0.3 is 0 Å². The number of benzene rings is 1. The molecule has 1 N–H and O–H groups in total. The molecule has 8 heteroatoms. The molecule has 1 saturated heterocycles. The van der Waals surface area contributed by atoms with Gasteiger partial charge < -0.3 is 9.64 Å². The first-order valence-electron chi connectivity index (χ1n) is 12.8. The van der Waals surface area contributed by atoms with Crippen LogP contribution in [0.3, 0.4) is 0 Å². The molecule has 1 aliphatic carbocycles. The molecule has 2 heterocycles. The van der Waals surface area contributed by atoms with Crippen LogP contribution in [0.25, 0.3) is 6.08 Å². The molecular weight excluding hydrogens is 481 g/mol. The summed E-state index contributed by atoms with van der Waals surface area (Å²) in [6.45, 7) is 9.04. The Morgan fingerprint density at radius 1 is 1.29 bits per heavy atom. The van der Waals surface area contributed by atoms with Crippen LogP contribution < -0.4 is 9.64 Å². The number of nitrogens with one attached hydrogen (secondary N) is 1. The quantitative estimate of drug-likeness (QED) is 0.268. The van der Waals surface area contributed by atoms with Crippen LogP contribution >= 0.6 is 0 Å². The summed E-state index contributed by atoms with van der Waals surface area (Å²) < 4.78 is 19.8. The topological polar surface area (TPSA) is 72.2 Å². The Balaban J connectivity index is 1.77. The number of halogens is 1. The number of carbonyl (C=O) groups excluding carboxylic acids is 1. The van der Waals surface area contributed by atoms with E-state index < -0.39 is 11.2 Å². The van der Waals surface area contributed by atoms with Crippen molar-refractivity contribution in [2.45, 2.75) is 40.5 Å². The predicted octanol–water partition coefficient (Wildman–Crippen LogP) is 6.16. The number of fused-ring (bicyclic) bond motifs is 1. The molecule has 2 aliphatic heterocycles. The number of rotatable bonds is 7. The number of allylic oxidation sites excluding steroid dienone is 5. The number of hydrogen-bond donors (Lipinski definition) is 1. The van der Waals surface area contributed by atoms with E-state index in [-0.39, 0.29) is 5.91 Å². The smallest absolute Gasteiger partial charge is 0.253 e. The van der Waals surface area contributed by atoms with E-state index >= 15 is 0 Å². The normalized spacial score (nSPS) is 20.0. The summed E-state index contributed by atoms with van der Waals surface area (Å²) in [7, 11) is 0. The summed E-state index contributed by atoms with van der Waals surface area (Å²) in [4.78, 5) is 20.3. The summed E-state index contributed by atoms with van der Waals surface area (Å²) >= 11 is 0. The van der Waals surface area contributed by atoms with E-state index in [2.05, 4.69) is 11.8 Å². The molecule has 0 atom stereocenters. The highest BCUT2D eigenvalue weighted by Crippen LogP contribution is 2.35. The summed E-state index contributed by atoms with van der Waals surface area (Å²) in [5.74, 6) is 0.886. The van der Waals surface area contributed by atoms with Gasteiger partial charge in [0.1, 0.15) is 17.4 Å². The Kier molecular flexibility index (Phi) is 8.13. The minimum atomic E-state index is -0.741. The minimum absolute atomic E-state index is 0.101. The van der Waals surface area contributed by atoms with Gasteiger partial charge in [0.05, 0.1) is 36.3 Å². The number of anilines is 1. The summed E-state index contributed by atoms with van der Waals surface area (Å²) in [6, 6.07) is 5.89. The number of ether oxygens (including phenoxy) is 1. The van der Waals surface area contributed by atoms with Gasteiger partial charge in [0.2, 0.25) is 0 Å². The summed E-state index contributed by atoms with van der Waals surface area (Å²) in [6.07, 6.45) is 14.5. The first-order chi connectivity index (χ1) is 18.3. The minimum Gasteiger partial charge on any atom is -0.492 e. The van der Waals surface area contributed by atoms with Crippen molar-refractivity contribution in [2.75, 3.05) is 24.6 Å². The van der Waals surface area contributed by atoms with Crippen molar-refractivity contribution in [1.82, 2.24) is 10.0 Å². The number of hydrazine groups is 1. The van der Waals surface area contributed by atoms with Gasteiger partial charge in [0.25, 0.3) is 5.91 Å². The van der Waals surface area contributed by atoms with E-state index in [1.807, 2.05) is 63.2 Å². The number of aliphatic imine (C=N–C) groups is 1. The molecular formula is C30H34FN5O2. The SMILES string of the molecule is C/C=C/N(C=N)c1ccc(/C=C2\CCCN3C2=NCC(C)(C)C(=O)N3C2=CC=C(F)C=C=C2)cc1OCC. The van der Waals surface area contributed by atoms with Gasteiger partial charge in [-0.2, -0.15) is 0 Å². The van der Waals surface area contributed by atoms with Crippen LogP contribution in [0, 0.1) is 10.8 Å². The van der Waals surface area contributed by atoms with E-state index in [1.165, 1.54) is 18.5 Å². The molecule has 0 bridgehead atoms. The van der Waals surface area contributed by atoms with Crippen LogP contribution in [-0.4, -0.2) is 47.8 Å². The Morgan fingerprint density at radius 3 is 2.84 bits per heavy atom. The highest BCUT2D eigenvalue weighted by molar-refractivity contribution is 6.05. The monoisotopic (exact) mass is 515 g/mol. The van der Waals surface area contributed by atoms with Gasteiger partial charge in [-0.25, -0.2) is 9.40 Å². The lowest BCUT2D eigenvalue weighted by Gasteiger charge is -2.41. The van der Waals surface area contributed by atoms with Crippen molar-refractivity contribution in [2.24, 2.45) is 10.4 Å². The number of hydrogen-bond acceptors (Lipinski definition) is 5. The van der Waals surface area contributed by atoms with Crippen molar-refractivity contribution in [3.63, 3.8) is 0 Å². The number of carbonyl (C=O) groups is 1. The van der Waals surface area contributed by atoms with Crippen LogP contribution in [0.2, 0.25) is 0 Å². The highest BCUT2D eigenvalue weighted by Gasteiger charge is 2.41. The Labute approximate surface area is 223 Å².